The van der Waals surface area contributed by atoms with Crippen molar-refractivity contribution in [3.63, 3.8) is 0 Å². The van der Waals surface area contributed by atoms with Crippen molar-refractivity contribution >= 4 is 5.91 Å². The largest absolute Gasteiger partial charge is 0.496 e. The maximum atomic E-state index is 12.1. The van der Waals surface area contributed by atoms with Crippen LogP contribution in [0.2, 0.25) is 0 Å². The van der Waals surface area contributed by atoms with Gasteiger partial charge in [0.25, 0.3) is 0 Å². The first-order valence-electron chi connectivity index (χ1n) is 7.29. The molecule has 1 saturated heterocycles. The molecule has 4 nitrogen and oxygen atoms in total. The number of carbonyl (C=O) groups is 1. The van der Waals surface area contributed by atoms with Gasteiger partial charge in [0.2, 0.25) is 5.91 Å². The first-order chi connectivity index (χ1) is 9.70. The normalized spacial score (nSPS) is 24.7. The van der Waals surface area contributed by atoms with Crippen LogP contribution in [0.4, 0.5) is 0 Å². The second-order valence-corrected chi connectivity index (χ2v) is 5.67. The van der Waals surface area contributed by atoms with E-state index in [-0.39, 0.29) is 11.4 Å². The lowest BCUT2D eigenvalue weighted by atomic mass is 9.86. The molecule has 1 spiro atoms. The van der Waals surface area contributed by atoms with Crippen LogP contribution >= 0.6 is 0 Å². The highest BCUT2D eigenvalue weighted by Crippen LogP contribution is 2.43. The molecule has 108 valence electrons. The molecule has 0 aromatic heterocycles. The Kier molecular flexibility index (Phi) is 3.32. The van der Waals surface area contributed by atoms with Crippen molar-refractivity contribution < 1.29 is 14.3 Å². The predicted octanol–water partition coefficient (Wildman–Crippen LogP) is 2.40. The monoisotopic (exact) mass is 275 g/mol. The molecule has 2 aliphatic rings. The molecular formula is C16H21NO3. The number of hydrogen-bond donors (Lipinski definition) is 0. The third-order valence-electron chi connectivity index (χ3n) is 4.44. The minimum atomic E-state index is -0.172. The van der Waals surface area contributed by atoms with Crippen LogP contribution in [-0.2, 0) is 11.2 Å². The van der Waals surface area contributed by atoms with Gasteiger partial charge in [0.05, 0.1) is 12.6 Å². The number of ether oxygens (including phenoxy) is 2. The SMILES string of the molecule is CCCN1C(=O)CC[C@@]12COc1cccc(OC)c1C2. The van der Waals surface area contributed by atoms with E-state index in [1.54, 1.807) is 7.11 Å². The van der Waals surface area contributed by atoms with Gasteiger partial charge in [-0.15, -0.1) is 0 Å². The van der Waals surface area contributed by atoms with E-state index in [2.05, 4.69) is 6.92 Å². The third kappa shape index (κ3) is 1.94. The summed E-state index contributed by atoms with van der Waals surface area (Å²) in [6.45, 7) is 3.52. The van der Waals surface area contributed by atoms with E-state index in [1.165, 1.54) is 0 Å². The molecular weight excluding hydrogens is 254 g/mol. The Labute approximate surface area is 119 Å². The van der Waals surface area contributed by atoms with E-state index in [4.69, 9.17) is 9.47 Å². The Balaban J connectivity index is 1.96. The summed E-state index contributed by atoms with van der Waals surface area (Å²) in [7, 11) is 1.68. The van der Waals surface area contributed by atoms with E-state index in [0.717, 1.165) is 42.9 Å². The molecule has 2 aliphatic heterocycles. The minimum absolute atomic E-state index is 0.172. The maximum Gasteiger partial charge on any atom is 0.223 e. The molecule has 0 saturated carbocycles. The Morgan fingerprint density at radius 2 is 2.30 bits per heavy atom. The van der Waals surface area contributed by atoms with Crippen LogP contribution in [0.25, 0.3) is 0 Å². The number of carbonyl (C=O) groups excluding carboxylic acids is 1. The lowest BCUT2D eigenvalue weighted by Gasteiger charge is -2.42. The summed E-state index contributed by atoms with van der Waals surface area (Å²) in [6.07, 6.45) is 3.32. The highest BCUT2D eigenvalue weighted by atomic mass is 16.5. The molecule has 20 heavy (non-hydrogen) atoms. The summed E-state index contributed by atoms with van der Waals surface area (Å²) in [5.74, 6) is 2.01. The van der Waals surface area contributed by atoms with Gasteiger partial charge in [0.15, 0.2) is 0 Å². The van der Waals surface area contributed by atoms with Crippen molar-refractivity contribution in [2.45, 2.75) is 38.1 Å². The van der Waals surface area contributed by atoms with Gasteiger partial charge < -0.3 is 14.4 Å². The second-order valence-electron chi connectivity index (χ2n) is 5.67. The smallest absolute Gasteiger partial charge is 0.223 e. The van der Waals surface area contributed by atoms with Crippen LogP contribution in [-0.4, -0.2) is 36.6 Å². The zero-order valence-corrected chi connectivity index (χ0v) is 12.1. The number of likely N-dealkylation sites (tertiary alicyclic amines) is 1. The van der Waals surface area contributed by atoms with Gasteiger partial charge in [0, 0.05) is 24.9 Å². The maximum absolute atomic E-state index is 12.1. The molecule has 1 aromatic rings. The lowest BCUT2D eigenvalue weighted by Crippen LogP contribution is -2.53. The topological polar surface area (TPSA) is 38.8 Å². The Morgan fingerprint density at radius 1 is 1.45 bits per heavy atom. The number of fused-ring (bicyclic) bond motifs is 1. The number of nitrogens with zero attached hydrogens (tertiary/aromatic N) is 1. The van der Waals surface area contributed by atoms with Gasteiger partial charge in [0.1, 0.15) is 18.1 Å². The molecule has 0 unspecified atom stereocenters. The van der Waals surface area contributed by atoms with E-state index >= 15 is 0 Å². The summed E-state index contributed by atoms with van der Waals surface area (Å²) in [5.41, 5.74) is 0.923. The zero-order chi connectivity index (χ0) is 14.2. The average Bonchev–Trinajstić information content (AvgIpc) is 2.76. The second kappa shape index (κ2) is 5.00. The van der Waals surface area contributed by atoms with Crippen molar-refractivity contribution in [1.82, 2.24) is 4.90 Å². The van der Waals surface area contributed by atoms with Crippen LogP contribution in [0.5, 0.6) is 11.5 Å². The lowest BCUT2D eigenvalue weighted by molar-refractivity contribution is -0.132. The quantitative estimate of drug-likeness (QED) is 0.850. The number of rotatable bonds is 3. The van der Waals surface area contributed by atoms with Crippen molar-refractivity contribution in [3.05, 3.63) is 23.8 Å². The van der Waals surface area contributed by atoms with Crippen LogP contribution in [0, 0.1) is 0 Å². The van der Waals surface area contributed by atoms with E-state index in [0.29, 0.717) is 13.0 Å². The number of amides is 1. The molecule has 0 aliphatic carbocycles. The molecule has 4 heteroatoms. The van der Waals surface area contributed by atoms with Gasteiger partial charge >= 0.3 is 0 Å². The van der Waals surface area contributed by atoms with Crippen molar-refractivity contribution in [1.29, 1.82) is 0 Å². The first kappa shape index (κ1) is 13.3. The highest BCUT2D eigenvalue weighted by Gasteiger charge is 2.48. The third-order valence-corrected chi connectivity index (χ3v) is 4.44. The van der Waals surface area contributed by atoms with Crippen molar-refractivity contribution in [2.75, 3.05) is 20.3 Å². The molecule has 3 rings (SSSR count). The summed E-state index contributed by atoms with van der Waals surface area (Å²) < 4.78 is 11.4. The minimum Gasteiger partial charge on any atom is -0.496 e. The molecule has 1 amide bonds. The summed E-state index contributed by atoms with van der Waals surface area (Å²) >= 11 is 0. The Bertz CT molecular complexity index is 514. The number of hydrogen-bond acceptors (Lipinski definition) is 3. The molecule has 0 radical (unpaired) electrons. The van der Waals surface area contributed by atoms with Crippen molar-refractivity contribution in [2.24, 2.45) is 0 Å². The molecule has 1 fully saturated rings. The molecule has 0 N–H and O–H groups in total. The van der Waals surface area contributed by atoms with Gasteiger partial charge in [-0.25, -0.2) is 0 Å². The fourth-order valence-corrected chi connectivity index (χ4v) is 3.43. The van der Waals surface area contributed by atoms with Gasteiger partial charge in [-0.1, -0.05) is 13.0 Å². The van der Waals surface area contributed by atoms with E-state index in [9.17, 15) is 4.79 Å². The first-order valence-corrected chi connectivity index (χ1v) is 7.29. The molecule has 0 bridgehead atoms. The van der Waals surface area contributed by atoms with Gasteiger partial charge in [-0.2, -0.15) is 0 Å². The van der Waals surface area contributed by atoms with Crippen molar-refractivity contribution in [3.8, 4) is 11.5 Å². The number of methoxy groups -OCH3 is 1. The van der Waals surface area contributed by atoms with E-state index < -0.39 is 0 Å². The van der Waals surface area contributed by atoms with E-state index in [1.807, 2.05) is 23.1 Å². The zero-order valence-electron chi connectivity index (χ0n) is 12.1. The molecule has 1 atom stereocenters. The van der Waals surface area contributed by atoms with Crippen LogP contribution in [0.1, 0.15) is 31.7 Å². The standard InChI is InChI=1S/C16H21NO3/c1-3-9-17-15(18)7-8-16(17)10-12-13(19-2)5-4-6-14(12)20-11-16/h4-6H,3,7-11H2,1-2H3/t16-/m1/s1. The van der Waals surface area contributed by atoms with Crippen LogP contribution in [0.15, 0.2) is 18.2 Å². The molecule has 1 aromatic carbocycles. The summed E-state index contributed by atoms with van der Waals surface area (Å²) in [6, 6.07) is 5.88. The number of benzene rings is 1. The average molecular weight is 275 g/mol. The van der Waals surface area contributed by atoms with Gasteiger partial charge in [-0.05, 0) is 25.0 Å². The Morgan fingerprint density at radius 3 is 3.05 bits per heavy atom. The summed E-state index contributed by atoms with van der Waals surface area (Å²) in [5, 5.41) is 0. The molecule has 2 heterocycles. The summed E-state index contributed by atoms with van der Waals surface area (Å²) in [4.78, 5) is 14.2. The highest BCUT2D eigenvalue weighted by molar-refractivity contribution is 5.80. The van der Waals surface area contributed by atoms with Crippen LogP contribution in [0.3, 0.4) is 0 Å². The predicted molar refractivity (Wildman–Crippen MR) is 76.2 cm³/mol. The van der Waals surface area contributed by atoms with Crippen LogP contribution < -0.4 is 9.47 Å². The Hall–Kier alpha value is -1.71. The van der Waals surface area contributed by atoms with Gasteiger partial charge in [-0.3, -0.25) is 4.79 Å². The fourth-order valence-electron chi connectivity index (χ4n) is 3.43. The fraction of sp³-hybridized carbons (Fsp3) is 0.562.